The topological polar surface area (TPSA) is 67.2 Å². The van der Waals surface area contributed by atoms with Crippen LogP contribution in [0.4, 0.5) is 10.5 Å². The second kappa shape index (κ2) is 6.69. The van der Waals surface area contributed by atoms with Crippen LogP contribution in [0.3, 0.4) is 0 Å². The number of carbonyl (C=O) groups is 1. The van der Waals surface area contributed by atoms with Crippen molar-refractivity contribution in [2.24, 2.45) is 7.05 Å². The molecule has 2 heterocycles. The number of likely N-dealkylation sites (N-methyl/N-ethyl adjacent to an activating group) is 1. The molecule has 0 saturated carbocycles. The molecule has 0 radical (unpaired) electrons. The van der Waals surface area contributed by atoms with E-state index in [4.69, 9.17) is 0 Å². The molecular weight excluding hydrogens is 268 g/mol. The predicted molar refractivity (Wildman–Crippen MR) is 81.3 cm³/mol. The minimum atomic E-state index is -0.218. The molecule has 0 unspecified atom stereocenters. The Morgan fingerprint density at radius 1 is 1.33 bits per heavy atom. The number of aryl methyl sites for hydroxylation is 1. The van der Waals surface area contributed by atoms with Crippen molar-refractivity contribution in [2.45, 2.75) is 6.42 Å². The molecule has 6 heteroatoms. The first kappa shape index (κ1) is 14.8. The van der Waals surface area contributed by atoms with Crippen molar-refractivity contribution in [3.8, 4) is 0 Å². The van der Waals surface area contributed by atoms with Crippen molar-refractivity contribution < 1.29 is 4.79 Å². The van der Waals surface area contributed by atoms with Gasteiger partial charge in [-0.05, 0) is 18.2 Å². The van der Waals surface area contributed by atoms with Gasteiger partial charge in [0.1, 0.15) is 0 Å². The van der Waals surface area contributed by atoms with Gasteiger partial charge in [0.2, 0.25) is 5.56 Å². The third kappa shape index (κ3) is 4.17. The Labute approximate surface area is 123 Å². The van der Waals surface area contributed by atoms with Crippen LogP contribution < -0.4 is 10.9 Å². The molecule has 2 aromatic rings. The molecule has 0 aliphatic rings. The van der Waals surface area contributed by atoms with Gasteiger partial charge in [0, 0.05) is 51.2 Å². The number of hydrogen-bond donors (Lipinski definition) is 1. The van der Waals surface area contributed by atoms with Gasteiger partial charge in [-0.1, -0.05) is 6.07 Å². The Balaban J connectivity index is 1.90. The summed E-state index contributed by atoms with van der Waals surface area (Å²) >= 11 is 0. The first-order valence-corrected chi connectivity index (χ1v) is 6.65. The number of aromatic nitrogens is 2. The van der Waals surface area contributed by atoms with E-state index in [-0.39, 0.29) is 11.6 Å². The molecule has 0 aliphatic heterocycles. The molecule has 0 saturated heterocycles. The molecule has 110 valence electrons. The fraction of sp³-hybridized carbons (Fsp3) is 0.267. The smallest absolute Gasteiger partial charge is 0.321 e. The highest BCUT2D eigenvalue weighted by molar-refractivity contribution is 5.88. The predicted octanol–water partition coefficient (Wildman–Crippen LogP) is 1.49. The molecule has 2 aromatic heterocycles. The van der Waals surface area contributed by atoms with E-state index in [2.05, 4.69) is 10.3 Å². The SMILES string of the molecule is CN(CCc1ccccn1)C(=O)Nc1ccc(=O)n(C)c1. The molecule has 1 N–H and O–H groups in total. The van der Waals surface area contributed by atoms with E-state index in [9.17, 15) is 9.59 Å². The molecule has 21 heavy (non-hydrogen) atoms. The third-order valence-electron chi connectivity index (χ3n) is 3.11. The van der Waals surface area contributed by atoms with Crippen LogP contribution in [0.2, 0.25) is 0 Å². The Kier molecular flexibility index (Phi) is 4.71. The molecule has 0 bridgehead atoms. The molecule has 0 aliphatic carbocycles. The average Bonchev–Trinajstić information content (AvgIpc) is 2.49. The van der Waals surface area contributed by atoms with Gasteiger partial charge in [-0.3, -0.25) is 9.78 Å². The minimum absolute atomic E-state index is 0.114. The second-order valence-electron chi connectivity index (χ2n) is 4.79. The van der Waals surface area contributed by atoms with E-state index in [1.54, 1.807) is 37.5 Å². The zero-order valence-electron chi connectivity index (χ0n) is 12.1. The maximum Gasteiger partial charge on any atom is 0.321 e. The van der Waals surface area contributed by atoms with Gasteiger partial charge in [-0.2, -0.15) is 0 Å². The first-order chi connectivity index (χ1) is 10.1. The van der Waals surface area contributed by atoms with E-state index in [1.807, 2.05) is 18.2 Å². The van der Waals surface area contributed by atoms with Crippen LogP contribution in [0, 0.1) is 0 Å². The number of amides is 2. The minimum Gasteiger partial charge on any atom is -0.327 e. The summed E-state index contributed by atoms with van der Waals surface area (Å²) in [5.41, 5.74) is 1.42. The molecule has 6 nitrogen and oxygen atoms in total. The molecule has 2 rings (SSSR count). The molecule has 0 atom stereocenters. The number of anilines is 1. The number of hydrogen-bond acceptors (Lipinski definition) is 3. The van der Waals surface area contributed by atoms with Crippen LogP contribution in [-0.4, -0.2) is 34.1 Å². The lowest BCUT2D eigenvalue weighted by atomic mass is 10.2. The molecule has 0 aromatic carbocycles. The van der Waals surface area contributed by atoms with Gasteiger partial charge < -0.3 is 14.8 Å². The standard InChI is InChI=1S/C15H18N4O2/c1-18(10-8-12-5-3-4-9-16-12)15(21)17-13-6-7-14(20)19(2)11-13/h3-7,9,11H,8,10H2,1-2H3,(H,17,21). The quantitative estimate of drug-likeness (QED) is 0.926. The summed E-state index contributed by atoms with van der Waals surface area (Å²) in [5, 5.41) is 2.75. The highest BCUT2D eigenvalue weighted by atomic mass is 16.2. The van der Waals surface area contributed by atoms with Crippen molar-refractivity contribution in [3.63, 3.8) is 0 Å². The number of urea groups is 1. The Morgan fingerprint density at radius 2 is 2.14 bits per heavy atom. The Morgan fingerprint density at radius 3 is 2.81 bits per heavy atom. The Bertz CT molecular complexity index is 667. The molecular formula is C15H18N4O2. The van der Waals surface area contributed by atoms with E-state index < -0.39 is 0 Å². The van der Waals surface area contributed by atoms with E-state index >= 15 is 0 Å². The normalized spacial score (nSPS) is 10.2. The molecule has 2 amide bonds. The maximum atomic E-state index is 12.0. The lowest BCUT2D eigenvalue weighted by Gasteiger charge is -2.17. The van der Waals surface area contributed by atoms with Crippen LogP contribution >= 0.6 is 0 Å². The summed E-state index contributed by atoms with van der Waals surface area (Å²) in [5.74, 6) is 0. The van der Waals surface area contributed by atoms with Gasteiger partial charge in [0.05, 0.1) is 5.69 Å². The summed E-state index contributed by atoms with van der Waals surface area (Å²) < 4.78 is 1.42. The highest BCUT2D eigenvalue weighted by Gasteiger charge is 2.09. The summed E-state index contributed by atoms with van der Waals surface area (Å²) in [6, 6.07) is 8.51. The van der Waals surface area contributed by atoms with Gasteiger partial charge in [-0.15, -0.1) is 0 Å². The summed E-state index contributed by atoms with van der Waals surface area (Å²) in [7, 11) is 3.36. The van der Waals surface area contributed by atoms with E-state index in [0.717, 1.165) is 5.69 Å². The van der Waals surface area contributed by atoms with Crippen molar-refractivity contribution in [2.75, 3.05) is 18.9 Å². The number of nitrogens with zero attached hydrogens (tertiary/aromatic N) is 3. The van der Waals surface area contributed by atoms with Crippen molar-refractivity contribution >= 4 is 11.7 Å². The lowest BCUT2D eigenvalue weighted by molar-refractivity contribution is 0.223. The number of pyridine rings is 2. The fourth-order valence-electron chi connectivity index (χ4n) is 1.82. The van der Waals surface area contributed by atoms with Crippen molar-refractivity contribution in [1.82, 2.24) is 14.5 Å². The van der Waals surface area contributed by atoms with E-state index in [0.29, 0.717) is 18.7 Å². The van der Waals surface area contributed by atoms with Crippen LogP contribution in [0.15, 0.2) is 47.5 Å². The van der Waals surface area contributed by atoms with Crippen LogP contribution in [-0.2, 0) is 13.5 Å². The first-order valence-electron chi connectivity index (χ1n) is 6.65. The van der Waals surface area contributed by atoms with Crippen molar-refractivity contribution in [1.29, 1.82) is 0 Å². The van der Waals surface area contributed by atoms with E-state index in [1.165, 1.54) is 10.6 Å². The van der Waals surface area contributed by atoms with Gasteiger partial charge in [0.25, 0.3) is 0 Å². The third-order valence-corrected chi connectivity index (χ3v) is 3.11. The molecule has 0 spiro atoms. The lowest BCUT2D eigenvalue weighted by Crippen LogP contribution is -2.33. The average molecular weight is 286 g/mol. The number of rotatable bonds is 4. The van der Waals surface area contributed by atoms with Crippen LogP contribution in [0.25, 0.3) is 0 Å². The highest BCUT2D eigenvalue weighted by Crippen LogP contribution is 2.04. The van der Waals surface area contributed by atoms with Gasteiger partial charge >= 0.3 is 6.03 Å². The Hall–Kier alpha value is -2.63. The summed E-state index contributed by atoms with van der Waals surface area (Å²) in [4.78, 5) is 29.1. The van der Waals surface area contributed by atoms with Gasteiger partial charge in [-0.25, -0.2) is 4.79 Å². The number of carbonyl (C=O) groups excluding carboxylic acids is 1. The monoisotopic (exact) mass is 286 g/mol. The maximum absolute atomic E-state index is 12.0. The number of nitrogens with one attached hydrogen (secondary N) is 1. The summed E-state index contributed by atoms with van der Waals surface area (Å²) in [6.07, 6.45) is 4.02. The van der Waals surface area contributed by atoms with Gasteiger partial charge in [0.15, 0.2) is 0 Å². The zero-order valence-corrected chi connectivity index (χ0v) is 12.1. The largest absolute Gasteiger partial charge is 0.327 e. The summed E-state index contributed by atoms with van der Waals surface area (Å²) in [6.45, 7) is 0.564. The second-order valence-corrected chi connectivity index (χ2v) is 4.79. The molecule has 0 fully saturated rings. The van der Waals surface area contributed by atoms with Crippen molar-refractivity contribution in [3.05, 3.63) is 58.8 Å². The zero-order chi connectivity index (χ0) is 15.2. The van der Waals surface area contributed by atoms with Crippen LogP contribution in [0.5, 0.6) is 0 Å². The fourth-order valence-corrected chi connectivity index (χ4v) is 1.82. The van der Waals surface area contributed by atoms with Crippen LogP contribution in [0.1, 0.15) is 5.69 Å².